The third kappa shape index (κ3) is 3.17. The molecule has 17 heavy (non-hydrogen) atoms. The molecule has 2 rings (SSSR count). The van der Waals surface area contributed by atoms with Crippen molar-refractivity contribution in [3.63, 3.8) is 0 Å². The van der Waals surface area contributed by atoms with E-state index >= 15 is 0 Å². The lowest BCUT2D eigenvalue weighted by atomic mass is 10.2. The first-order chi connectivity index (χ1) is 8.29. The Morgan fingerprint density at radius 3 is 2.47 bits per heavy atom. The second-order valence-corrected chi connectivity index (χ2v) is 4.13. The molecule has 0 unspecified atom stereocenters. The molecule has 2 aromatic carbocycles. The number of thiol groups is 1. The van der Waals surface area contributed by atoms with E-state index in [0.29, 0.717) is 12.4 Å². The zero-order valence-corrected chi connectivity index (χ0v) is 10.5. The predicted molar refractivity (Wildman–Crippen MR) is 71.0 cm³/mol. The SMILES string of the molecule is COc1ccc(S)cc1OCc1ccccc1. The van der Waals surface area contributed by atoms with E-state index in [-0.39, 0.29) is 0 Å². The Bertz CT molecular complexity index is 483. The van der Waals surface area contributed by atoms with Gasteiger partial charge in [0.05, 0.1) is 7.11 Å². The van der Waals surface area contributed by atoms with Crippen LogP contribution < -0.4 is 9.47 Å². The van der Waals surface area contributed by atoms with Crippen LogP contribution in [-0.4, -0.2) is 7.11 Å². The maximum absolute atomic E-state index is 5.72. The van der Waals surface area contributed by atoms with Crippen molar-refractivity contribution in [1.82, 2.24) is 0 Å². The lowest BCUT2D eigenvalue weighted by Gasteiger charge is -2.11. The fraction of sp³-hybridized carbons (Fsp3) is 0.143. The van der Waals surface area contributed by atoms with Crippen molar-refractivity contribution < 1.29 is 9.47 Å². The molecule has 0 radical (unpaired) electrons. The summed E-state index contributed by atoms with van der Waals surface area (Å²) in [7, 11) is 1.63. The molecule has 0 aromatic heterocycles. The van der Waals surface area contributed by atoms with Crippen molar-refractivity contribution >= 4 is 12.6 Å². The highest BCUT2D eigenvalue weighted by atomic mass is 32.1. The third-order valence-electron chi connectivity index (χ3n) is 2.38. The van der Waals surface area contributed by atoms with Crippen molar-refractivity contribution in [2.24, 2.45) is 0 Å². The maximum atomic E-state index is 5.72. The number of ether oxygens (including phenoxy) is 2. The topological polar surface area (TPSA) is 18.5 Å². The molecular weight excluding hydrogens is 232 g/mol. The molecule has 0 atom stereocenters. The molecule has 0 N–H and O–H groups in total. The van der Waals surface area contributed by atoms with E-state index in [1.165, 1.54) is 0 Å². The Morgan fingerprint density at radius 1 is 1.00 bits per heavy atom. The predicted octanol–water partition coefficient (Wildman–Crippen LogP) is 3.56. The minimum Gasteiger partial charge on any atom is -0.493 e. The lowest BCUT2D eigenvalue weighted by Crippen LogP contribution is -1.97. The number of hydrogen-bond acceptors (Lipinski definition) is 3. The fourth-order valence-electron chi connectivity index (χ4n) is 1.51. The minimum atomic E-state index is 0.522. The fourth-order valence-corrected chi connectivity index (χ4v) is 1.71. The largest absolute Gasteiger partial charge is 0.493 e. The average molecular weight is 246 g/mol. The summed E-state index contributed by atoms with van der Waals surface area (Å²) in [4.78, 5) is 0.855. The van der Waals surface area contributed by atoms with Crippen LogP contribution in [0.25, 0.3) is 0 Å². The van der Waals surface area contributed by atoms with E-state index < -0.39 is 0 Å². The van der Waals surface area contributed by atoms with Crippen LogP contribution in [0.3, 0.4) is 0 Å². The van der Waals surface area contributed by atoms with E-state index in [0.717, 1.165) is 16.2 Å². The van der Waals surface area contributed by atoms with Gasteiger partial charge in [0.2, 0.25) is 0 Å². The summed E-state index contributed by atoms with van der Waals surface area (Å²) < 4.78 is 11.0. The zero-order chi connectivity index (χ0) is 12.1. The summed E-state index contributed by atoms with van der Waals surface area (Å²) in [5.41, 5.74) is 1.12. The first-order valence-corrected chi connectivity index (χ1v) is 5.78. The van der Waals surface area contributed by atoms with Gasteiger partial charge < -0.3 is 9.47 Å². The molecule has 0 aliphatic rings. The number of hydrogen-bond donors (Lipinski definition) is 1. The number of rotatable bonds is 4. The van der Waals surface area contributed by atoms with Gasteiger partial charge in [0.15, 0.2) is 11.5 Å². The maximum Gasteiger partial charge on any atom is 0.162 e. The molecule has 2 aromatic rings. The summed E-state index contributed by atoms with van der Waals surface area (Å²) in [6.07, 6.45) is 0. The van der Waals surface area contributed by atoms with Crippen LogP contribution in [0.5, 0.6) is 11.5 Å². The minimum absolute atomic E-state index is 0.522. The van der Waals surface area contributed by atoms with Crippen LogP contribution in [0.15, 0.2) is 53.4 Å². The van der Waals surface area contributed by atoms with Gasteiger partial charge in [-0.3, -0.25) is 0 Å². The molecule has 0 aliphatic carbocycles. The van der Waals surface area contributed by atoms with Gasteiger partial charge in [-0.2, -0.15) is 0 Å². The molecule has 0 fully saturated rings. The van der Waals surface area contributed by atoms with Crippen LogP contribution >= 0.6 is 12.6 Å². The highest BCUT2D eigenvalue weighted by Crippen LogP contribution is 2.29. The van der Waals surface area contributed by atoms with Gasteiger partial charge in [-0.25, -0.2) is 0 Å². The highest BCUT2D eigenvalue weighted by molar-refractivity contribution is 7.80. The van der Waals surface area contributed by atoms with Crippen LogP contribution in [0, 0.1) is 0 Å². The van der Waals surface area contributed by atoms with Gasteiger partial charge in [-0.1, -0.05) is 30.3 Å². The van der Waals surface area contributed by atoms with Gasteiger partial charge in [-0.15, -0.1) is 12.6 Å². The van der Waals surface area contributed by atoms with Crippen LogP contribution in [0.1, 0.15) is 5.56 Å². The van der Waals surface area contributed by atoms with Gasteiger partial charge in [-0.05, 0) is 23.8 Å². The Hall–Kier alpha value is -1.61. The summed E-state index contributed by atoms with van der Waals surface area (Å²) in [5.74, 6) is 1.43. The first-order valence-electron chi connectivity index (χ1n) is 5.33. The summed E-state index contributed by atoms with van der Waals surface area (Å²) in [6, 6.07) is 15.6. The smallest absolute Gasteiger partial charge is 0.162 e. The normalized spacial score (nSPS) is 10.0. The van der Waals surface area contributed by atoms with Crippen LogP contribution in [-0.2, 0) is 6.61 Å². The molecule has 0 amide bonds. The molecule has 88 valence electrons. The van der Waals surface area contributed by atoms with E-state index in [2.05, 4.69) is 12.6 Å². The third-order valence-corrected chi connectivity index (χ3v) is 2.66. The second kappa shape index (κ2) is 5.64. The summed E-state index contributed by atoms with van der Waals surface area (Å²) >= 11 is 4.28. The van der Waals surface area contributed by atoms with E-state index in [1.807, 2.05) is 48.5 Å². The van der Waals surface area contributed by atoms with Crippen molar-refractivity contribution in [3.8, 4) is 11.5 Å². The first kappa shape index (κ1) is 11.9. The quantitative estimate of drug-likeness (QED) is 0.831. The van der Waals surface area contributed by atoms with Crippen LogP contribution in [0.2, 0.25) is 0 Å². The van der Waals surface area contributed by atoms with Crippen LogP contribution in [0.4, 0.5) is 0 Å². The van der Waals surface area contributed by atoms with Gasteiger partial charge >= 0.3 is 0 Å². The van der Waals surface area contributed by atoms with E-state index in [4.69, 9.17) is 9.47 Å². The number of methoxy groups -OCH3 is 1. The monoisotopic (exact) mass is 246 g/mol. The molecule has 3 heteroatoms. The van der Waals surface area contributed by atoms with Crippen molar-refractivity contribution in [2.45, 2.75) is 11.5 Å². The Balaban J connectivity index is 2.11. The van der Waals surface area contributed by atoms with Gasteiger partial charge in [0, 0.05) is 4.90 Å². The van der Waals surface area contributed by atoms with E-state index in [9.17, 15) is 0 Å². The standard InChI is InChI=1S/C14H14O2S/c1-15-13-8-7-12(17)9-14(13)16-10-11-5-3-2-4-6-11/h2-9,17H,10H2,1H3. The van der Waals surface area contributed by atoms with Crippen molar-refractivity contribution in [1.29, 1.82) is 0 Å². The molecule has 0 saturated heterocycles. The zero-order valence-electron chi connectivity index (χ0n) is 9.59. The molecule has 0 spiro atoms. The lowest BCUT2D eigenvalue weighted by molar-refractivity contribution is 0.283. The molecule has 0 saturated carbocycles. The Kier molecular flexibility index (Phi) is 3.94. The molecule has 2 nitrogen and oxygen atoms in total. The van der Waals surface area contributed by atoms with E-state index in [1.54, 1.807) is 7.11 Å². The number of benzene rings is 2. The molecule has 0 bridgehead atoms. The summed E-state index contributed by atoms with van der Waals surface area (Å²) in [6.45, 7) is 0.522. The van der Waals surface area contributed by atoms with Crippen molar-refractivity contribution in [3.05, 3.63) is 54.1 Å². The van der Waals surface area contributed by atoms with Gasteiger partial charge in [0.25, 0.3) is 0 Å². The van der Waals surface area contributed by atoms with Gasteiger partial charge in [0.1, 0.15) is 6.61 Å². The highest BCUT2D eigenvalue weighted by Gasteiger charge is 2.04. The second-order valence-electron chi connectivity index (χ2n) is 3.61. The van der Waals surface area contributed by atoms with Crippen molar-refractivity contribution in [2.75, 3.05) is 7.11 Å². The molecule has 0 heterocycles. The molecule has 0 aliphatic heterocycles. The Morgan fingerprint density at radius 2 is 1.76 bits per heavy atom. The Labute approximate surface area is 107 Å². The summed E-state index contributed by atoms with van der Waals surface area (Å²) in [5, 5.41) is 0. The average Bonchev–Trinajstić information content (AvgIpc) is 2.38. The molecular formula is C14H14O2S.